The van der Waals surface area contributed by atoms with Gasteiger partial charge in [-0.1, -0.05) is 62.4 Å². The van der Waals surface area contributed by atoms with E-state index in [9.17, 15) is 18.3 Å². The van der Waals surface area contributed by atoms with Gasteiger partial charge < -0.3 is 19.5 Å². The van der Waals surface area contributed by atoms with Crippen LogP contribution in [0.25, 0.3) is 0 Å². The van der Waals surface area contributed by atoms with Gasteiger partial charge in [-0.3, -0.25) is 4.79 Å². The summed E-state index contributed by atoms with van der Waals surface area (Å²) in [6.07, 6.45) is 0. The molecule has 8 heteroatoms. The maximum absolute atomic E-state index is 13.7. The zero-order chi connectivity index (χ0) is 24.7. The molecule has 1 atom stereocenters. The number of sulfone groups is 1. The molecule has 1 N–H and O–H groups in total. The molecule has 3 aromatic carbocycles. The first-order valence-electron chi connectivity index (χ1n) is 11.3. The molecule has 0 spiro atoms. The number of carbonyl (C=O) groups excluding carboxylic acids is 1. The van der Waals surface area contributed by atoms with E-state index in [1.807, 2.05) is 24.3 Å². The molecule has 1 unspecified atom stereocenters. The van der Waals surface area contributed by atoms with Gasteiger partial charge in [0.25, 0.3) is 5.91 Å². The molecule has 5 rings (SSSR count). The van der Waals surface area contributed by atoms with E-state index in [4.69, 9.17) is 9.47 Å². The third-order valence-electron chi connectivity index (χ3n) is 6.31. The minimum atomic E-state index is -4.16. The van der Waals surface area contributed by atoms with Crippen molar-refractivity contribution >= 4 is 15.7 Å². The molecule has 3 aromatic rings. The van der Waals surface area contributed by atoms with Crippen LogP contribution in [0.15, 0.2) is 88.4 Å². The molecule has 35 heavy (non-hydrogen) atoms. The lowest BCUT2D eigenvalue weighted by Gasteiger charge is -2.27. The molecule has 7 nitrogen and oxygen atoms in total. The lowest BCUT2D eigenvalue weighted by atomic mass is 9.98. The molecule has 180 valence electrons. The lowest BCUT2D eigenvalue weighted by Crippen LogP contribution is -2.30. The van der Waals surface area contributed by atoms with E-state index in [1.54, 1.807) is 36.4 Å². The summed E-state index contributed by atoms with van der Waals surface area (Å²) in [4.78, 5) is 14.4. The Labute approximate surface area is 204 Å². The fourth-order valence-electron chi connectivity index (χ4n) is 4.42. The van der Waals surface area contributed by atoms with Crippen LogP contribution in [0.1, 0.15) is 42.5 Å². The SMILES string of the molecule is CC(C)c1ccc(C2C(S(=O)(=O)c3ccccc3)=C(O)C(=O)N2Cc2ccc3c(c2)OCO3)cc1. The Bertz CT molecular complexity index is 1410. The Morgan fingerprint density at radius 3 is 2.34 bits per heavy atom. The molecule has 0 saturated heterocycles. The summed E-state index contributed by atoms with van der Waals surface area (Å²) >= 11 is 0. The number of aliphatic hydroxyl groups excluding tert-OH is 1. The number of hydrogen-bond acceptors (Lipinski definition) is 6. The molecule has 0 radical (unpaired) electrons. The Hall–Kier alpha value is -3.78. The Balaban J connectivity index is 1.60. The van der Waals surface area contributed by atoms with Crippen LogP contribution in [0.2, 0.25) is 0 Å². The molecular weight excluding hydrogens is 466 g/mol. The maximum Gasteiger partial charge on any atom is 0.290 e. The normalized spacial score (nSPS) is 17.5. The predicted molar refractivity (Wildman–Crippen MR) is 130 cm³/mol. The quantitative estimate of drug-likeness (QED) is 0.529. The second kappa shape index (κ2) is 8.78. The molecule has 0 saturated carbocycles. The molecule has 0 fully saturated rings. The van der Waals surface area contributed by atoms with Crippen molar-refractivity contribution in [3.63, 3.8) is 0 Å². The average Bonchev–Trinajstić information content (AvgIpc) is 3.43. The van der Waals surface area contributed by atoms with Crippen LogP contribution in [-0.4, -0.2) is 31.1 Å². The number of aliphatic hydroxyl groups is 1. The van der Waals surface area contributed by atoms with Crippen molar-refractivity contribution in [3.8, 4) is 11.5 Å². The topological polar surface area (TPSA) is 93.1 Å². The lowest BCUT2D eigenvalue weighted by molar-refractivity contribution is -0.130. The van der Waals surface area contributed by atoms with Gasteiger partial charge >= 0.3 is 0 Å². The van der Waals surface area contributed by atoms with E-state index in [2.05, 4.69) is 13.8 Å². The average molecular weight is 492 g/mol. The number of ether oxygens (including phenoxy) is 2. The van der Waals surface area contributed by atoms with Gasteiger partial charge in [-0.25, -0.2) is 8.42 Å². The van der Waals surface area contributed by atoms with E-state index in [0.717, 1.165) is 11.1 Å². The minimum absolute atomic E-state index is 0.0167. The van der Waals surface area contributed by atoms with Crippen LogP contribution < -0.4 is 9.47 Å². The van der Waals surface area contributed by atoms with Crippen molar-refractivity contribution in [3.05, 3.63) is 100 Å². The third-order valence-corrected chi connectivity index (χ3v) is 8.20. The van der Waals surface area contributed by atoms with E-state index in [0.29, 0.717) is 17.1 Å². The Morgan fingerprint density at radius 2 is 1.66 bits per heavy atom. The van der Waals surface area contributed by atoms with Crippen LogP contribution in [0.3, 0.4) is 0 Å². The molecule has 1 amide bonds. The molecule has 2 aliphatic heterocycles. The summed E-state index contributed by atoms with van der Waals surface area (Å²) in [6.45, 7) is 4.33. The summed E-state index contributed by atoms with van der Waals surface area (Å²) in [5.74, 6) is -0.0463. The summed E-state index contributed by atoms with van der Waals surface area (Å²) in [5, 5.41) is 10.9. The summed E-state index contributed by atoms with van der Waals surface area (Å²) in [5.41, 5.74) is 2.40. The van der Waals surface area contributed by atoms with Crippen LogP contribution in [0.4, 0.5) is 0 Å². The number of nitrogens with zero attached hydrogens (tertiary/aromatic N) is 1. The number of amides is 1. The van der Waals surface area contributed by atoms with Crippen LogP contribution >= 0.6 is 0 Å². The smallest absolute Gasteiger partial charge is 0.290 e. The summed E-state index contributed by atoms with van der Waals surface area (Å²) in [7, 11) is -4.16. The van der Waals surface area contributed by atoms with Gasteiger partial charge in [0.2, 0.25) is 16.6 Å². The van der Waals surface area contributed by atoms with Gasteiger partial charge in [-0.15, -0.1) is 0 Å². The largest absolute Gasteiger partial charge is 0.502 e. The highest BCUT2D eigenvalue weighted by atomic mass is 32.2. The maximum atomic E-state index is 13.7. The third kappa shape index (κ3) is 4.04. The minimum Gasteiger partial charge on any atom is -0.502 e. The van der Waals surface area contributed by atoms with Gasteiger partial charge in [0.05, 0.1) is 10.9 Å². The predicted octanol–water partition coefficient (Wildman–Crippen LogP) is 4.87. The van der Waals surface area contributed by atoms with E-state index in [-0.39, 0.29) is 29.1 Å². The van der Waals surface area contributed by atoms with E-state index < -0.39 is 27.5 Å². The highest BCUT2D eigenvalue weighted by Gasteiger charge is 2.46. The first kappa shape index (κ1) is 23.0. The monoisotopic (exact) mass is 491 g/mol. The molecule has 0 bridgehead atoms. The number of carbonyl (C=O) groups is 1. The van der Waals surface area contributed by atoms with Crippen molar-refractivity contribution in [2.45, 2.75) is 37.2 Å². The molecule has 2 heterocycles. The van der Waals surface area contributed by atoms with Crippen molar-refractivity contribution in [1.29, 1.82) is 0 Å². The van der Waals surface area contributed by atoms with Crippen molar-refractivity contribution < 1.29 is 27.8 Å². The zero-order valence-electron chi connectivity index (χ0n) is 19.3. The molecule has 0 aromatic heterocycles. The van der Waals surface area contributed by atoms with Gasteiger partial charge in [0, 0.05) is 6.54 Å². The van der Waals surface area contributed by atoms with E-state index in [1.165, 1.54) is 17.0 Å². The van der Waals surface area contributed by atoms with E-state index >= 15 is 0 Å². The van der Waals surface area contributed by atoms with Crippen LogP contribution in [0, 0.1) is 0 Å². The first-order chi connectivity index (χ1) is 16.8. The Morgan fingerprint density at radius 1 is 0.971 bits per heavy atom. The van der Waals surface area contributed by atoms with Gasteiger partial charge in [0.15, 0.2) is 17.3 Å². The number of hydrogen-bond donors (Lipinski definition) is 1. The van der Waals surface area contributed by atoms with Crippen LogP contribution in [-0.2, 0) is 21.2 Å². The summed E-state index contributed by atoms with van der Waals surface area (Å²) < 4.78 is 38.1. The standard InChI is InChI=1S/C27H25NO6S/c1-17(2)19-9-11-20(12-10-19)24-26(35(31,32)21-6-4-3-5-7-21)25(29)27(30)28(24)15-18-8-13-22-23(14-18)34-16-33-22/h3-14,17,24,29H,15-16H2,1-2H3. The van der Waals surface area contributed by atoms with Gasteiger partial charge in [-0.2, -0.15) is 0 Å². The first-order valence-corrected chi connectivity index (χ1v) is 12.8. The number of benzene rings is 3. The zero-order valence-corrected chi connectivity index (χ0v) is 20.2. The molecular formula is C27H25NO6S. The van der Waals surface area contributed by atoms with Gasteiger partial charge in [-0.05, 0) is 46.9 Å². The molecule has 0 aliphatic carbocycles. The summed E-state index contributed by atoms with van der Waals surface area (Å²) in [6, 6.07) is 19.6. The second-order valence-corrected chi connectivity index (χ2v) is 10.8. The number of rotatable bonds is 6. The van der Waals surface area contributed by atoms with Crippen LogP contribution in [0.5, 0.6) is 11.5 Å². The fourth-order valence-corrected chi connectivity index (χ4v) is 6.09. The van der Waals surface area contributed by atoms with Gasteiger partial charge in [0.1, 0.15) is 4.91 Å². The number of fused-ring (bicyclic) bond motifs is 1. The second-order valence-electron chi connectivity index (χ2n) is 8.87. The van der Waals surface area contributed by atoms with Crippen molar-refractivity contribution in [2.24, 2.45) is 0 Å². The fraction of sp³-hybridized carbons (Fsp3) is 0.222. The Kier molecular flexibility index (Phi) is 5.76. The highest BCUT2D eigenvalue weighted by molar-refractivity contribution is 7.95. The molecule has 2 aliphatic rings. The van der Waals surface area contributed by atoms with Crippen molar-refractivity contribution in [1.82, 2.24) is 4.90 Å². The highest BCUT2D eigenvalue weighted by Crippen LogP contribution is 2.44. The van der Waals surface area contributed by atoms with Crippen molar-refractivity contribution in [2.75, 3.05) is 6.79 Å².